The Balaban J connectivity index is 0.913. The molecule has 2 aliphatic rings. The third kappa shape index (κ3) is 5.83. The van der Waals surface area contributed by atoms with E-state index in [0.29, 0.717) is 0 Å². The zero-order chi connectivity index (χ0) is 42.9. The number of ether oxygens (including phenoxy) is 1. The summed E-state index contributed by atoms with van der Waals surface area (Å²) in [7, 11) is -2.71. The van der Waals surface area contributed by atoms with E-state index in [-0.39, 0.29) is 6.92 Å². The molecule has 2 aliphatic heterocycles. The molecule has 0 radical (unpaired) electrons. The lowest BCUT2D eigenvalue weighted by molar-refractivity contribution is 0.479. The van der Waals surface area contributed by atoms with Crippen molar-refractivity contribution in [3.63, 3.8) is 0 Å². The van der Waals surface area contributed by atoms with Gasteiger partial charge in [-0.2, -0.15) is 0 Å². The minimum absolute atomic E-state index is 0.332. The summed E-state index contributed by atoms with van der Waals surface area (Å²) in [6.07, 6.45) is 0. The van der Waals surface area contributed by atoms with Gasteiger partial charge in [-0.25, -0.2) is 0 Å². The number of rotatable bonds is 7. The number of aromatic nitrogens is 1. The Hall–Kier alpha value is -8.12. The Labute approximate surface area is 379 Å². The fourth-order valence-corrected chi connectivity index (χ4v) is 15.6. The highest BCUT2D eigenvalue weighted by Gasteiger charge is 2.43. The molecular weight excluding hydrogens is 806 g/mol. The molecule has 1 aromatic heterocycles. The lowest BCUT2D eigenvalue weighted by Crippen LogP contribution is -2.74. The van der Waals surface area contributed by atoms with Crippen LogP contribution in [0.2, 0.25) is 0 Å². The second-order valence-electron chi connectivity index (χ2n) is 17.1. The second kappa shape index (κ2) is 15.0. The van der Waals surface area contributed by atoms with Crippen LogP contribution in [-0.4, -0.2) is 19.6 Å². The Kier molecular flexibility index (Phi) is 8.65. The lowest BCUT2D eigenvalue weighted by Gasteiger charge is -2.35. The van der Waals surface area contributed by atoms with Crippen LogP contribution in [0.25, 0.3) is 60.9 Å². The molecule has 5 heteroatoms. The summed E-state index contributed by atoms with van der Waals surface area (Å²) in [5.41, 5.74) is 12.3. The predicted molar refractivity (Wildman–Crippen MR) is 273 cm³/mol. The monoisotopic (exact) mass is 845 g/mol. The quantitative estimate of drug-likeness (QED) is 0.118. The van der Waals surface area contributed by atoms with Crippen LogP contribution in [0.1, 0.15) is 0 Å². The van der Waals surface area contributed by atoms with Crippen LogP contribution in [0, 0.1) is 0 Å². The van der Waals surface area contributed by atoms with E-state index in [9.17, 15) is 0 Å². The van der Waals surface area contributed by atoms with Crippen molar-refractivity contribution in [2.45, 2.75) is 0 Å². The standard InChI is InChI=1S/C60H40BNO2Si/c1-4-19-44(20-5-1)65(45-21-6-2-7-22-45,46-23-8-3-9-24-46)47-25-16-18-41(38-47)42-34-36-57-52(39-42)51-29-17-33-59-60(51)61(64-57)53-40-43(35-37-58(53)63-59)48-26-10-13-30-54(48)62-55-31-14-11-27-49(55)50-28-12-15-32-56(50)62/h1-40H. The molecular formula is C60H40BNO2Si. The first kappa shape index (κ1) is 37.4. The SMILES string of the molecule is c1ccc([Si](c2ccccc2)(c2ccccc2)c2cccc(-c3ccc4c(c3)-c3cccc5c3B(O4)c3cc(-c4ccccc4-n4c6ccccc6c6ccccc64)ccc3O5)c2)cc1. The van der Waals surface area contributed by atoms with Crippen molar-refractivity contribution >= 4 is 68.5 Å². The van der Waals surface area contributed by atoms with E-state index in [4.69, 9.17) is 9.39 Å². The van der Waals surface area contributed by atoms with Crippen LogP contribution in [0.3, 0.4) is 0 Å². The van der Waals surface area contributed by atoms with Crippen LogP contribution in [0.15, 0.2) is 243 Å². The van der Waals surface area contributed by atoms with Gasteiger partial charge in [0.1, 0.15) is 17.2 Å². The van der Waals surface area contributed by atoms with Gasteiger partial charge in [0.05, 0.1) is 16.7 Å². The molecule has 10 aromatic carbocycles. The molecule has 0 N–H and O–H groups in total. The molecule has 0 saturated carbocycles. The number of para-hydroxylation sites is 3. The van der Waals surface area contributed by atoms with Gasteiger partial charge in [0.15, 0.2) is 8.07 Å². The molecule has 0 bridgehead atoms. The smallest absolute Gasteiger partial charge is 0.434 e. The fourth-order valence-electron chi connectivity index (χ4n) is 10.8. The van der Waals surface area contributed by atoms with E-state index >= 15 is 0 Å². The van der Waals surface area contributed by atoms with E-state index in [0.717, 1.165) is 61.7 Å². The van der Waals surface area contributed by atoms with Crippen molar-refractivity contribution in [2.24, 2.45) is 0 Å². The molecule has 3 heterocycles. The summed E-state index contributed by atoms with van der Waals surface area (Å²) in [6, 6.07) is 88.4. The van der Waals surface area contributed by atoms with Crippen molar-refractivity contribution in [2.75, 3.05) is 0 Å². The molecule has 11 aromatic rings. The van der Waals surface area contributed by atoms with Crippen molar-refractivity contribution in [1.82, 2.24) is 4.57 Å². The minimum Gasteiger partial charge on any atom is -0.551 e. The minimum atomic E-state index is -2.71. The van der Waals surface area contributed by atoms with E-state index in [1.54, 1.807) is 0 Å². The van der Waals surface area contributed by atoms with Gasteiger partial charge in [0.2, 0.25) is 0 Å². The molecule has 0 atom stereocenters. The van der Waals surface area contributed by atoms with E-state index < -0.39 is 8.07 Å². The number of nitrogens with zero attached hydrogens (tertiary/aromatic N) is 1. The molecule has 304 valence electrons. The first-order valence-electron chi connectivity index (χ1n) is 22.4. The van der Waals surface area contributed by atoms with E-state index in [2.05, 4.69) is 247 Å². The van der Waals surface area contributed by atoms with Crippen LogP contribution in [-0.2, 0) is 0 Å². The molecule has 0 spiro atoms. The summed E-state index contributed by atoms with van der Waals surface area (Å²) in [5, 5.41) is 7.89. The molecule has 0 aliphatic carbocycles. The molecule has 3 nitrogen and oxygen atoms in total. The zero-order valence-electron chi connectivity index (χ0n) is 35.4. The Morgan fingerprint density at radius 2 is 0.892 bits per heavy atom. The number of hydrogen-bond donors (Lipinski definition) is 0. The molecule has 0 unspecified atom stereocenters. The van der Waals surface area contributed by atoms with Gasteiger partial charge in [-0.3, -0.25) is 0 Å². The number of fused-ring (bicyclic) bond motifs is 7. The van der Waals surface area contributed by atoms with Gasteiger partial charge in [-0.1, -0.05) is 200 Å². The Morgan fingerprint density at radius 3 is 1.58 bits per heavy atom. The summed E-state index contributed by atoms with van der Waals surface area (Å²) >= 11 is 0. The number of hydrogen-bond acceptors (Lipinski definition) is 2. The molecule has 0 saturated heterocycles. The van der Waals surface area contributed by atoms with Gasteiger partial charge >= 0.3 is 6.92 Å². The van der Waals surface area contributed by atoms with Crippen molar-refractivity contribution in [3.8, 4) is 56.3 Å². The molecule has 65 heavy (non-hydrogen) atoms. The third-order valence-electron chi connectivity index (χ3n) is 13.6. The molecule has 0 fully saturated rings. The van der Waals surface area contributed by atoms with Gasteiger partial charge in [0, 0.05) is 32.8 Å². The first-order valence-corrected chi connectivity index (χ1v) is 24.4. The molecule has 13 rings (SSSR count). The van der Waals surface area contributed by atoms with Crippen molar-refractivity contribution in [3.05, 3.63) is 243 Å². The highest BCUT2D eigenvalue weighted by Crippen LogP contribution is 2.42. The Morgan fingerprint density at radius 1 is 0.354 bits per heavy atom. The maximum absolute atomic E-state index is 7.14. The second-order valence-corrected chi connectivity index (χ2v) is 20.9. The van der Waals surface area contributed by atoms with Crippen LogP contribution in [0.4, 0.5) is 0 Å². The van der Waals surface area contributed by atoms with Gasteiger partial charge < -0.3 is 14.0 Å². The van der Waals surface area contributed by atoms with Crippen LogP contribution >= 0.6 is 0 Å². The summed E-state index contributed by atoms with van der Waals surface area (Å²) < 4.78 is 16.3. The topological polar surface area (TPSA) is 23.4 Å². The highest BCUT2D eigenvalue weighted by atomic mass is 28.3. The normalized spacial score (nSPS) is 12.5. The van der Waals surface area contributed by atoms with Gasteiger partial charge in [-0.05, 0) is 85.5 Å². The van der Waals surface area contributed by atoms with Crippen molar-refractivity contribution < 1.29 is 9.39 Å². The summed E-state index contributed by atoms with van der Waals surface area (Å²) in [5.74, 6) is 2.52. The lowest BCUT2D eigenvalue weighted by atomic mass is 9.50. The van der Waals surface area contributed by atoms with E-state index in [1.807, 2.05) is 0 Å². The predicted octanol–water partition coefficient (Wildman–Crippen LogP) is 10.8. The average Bonchev–Trinajstić information content (AvgIpc) is 3.72. The van der Waals surface area contributed by atoms with Crippen LogP contribution in [0.5, 0.6) is 17.2 Å². The number of benzene rings is 10. The maximum Gasteiger partial charge on any atom is 0.434 e. The van der Waals surface area contributed by atoms with Crippen LogP contribution < -0.4 is 41.1 Å². The third-order valence-corrected chi connectivity index (χ3v) is 18.4. The molecule has 0 amide bonds. The summed E-state index contributed by atoms with van der Waals surface area (Å²) in [6.45, 7) is -0.332. The maximum atomic E-state index is 7.14. The fraction of sp³-hybridized carbons (Fsp3) is 0. The summed E-state index contributed by atoms with van der Waals surface area (Å²) in [4.78, 5) is 0. The highest BCUT2D eigenvalue weighted by molar-refractivity contribution is 7.19. The van der Waals surface area contributed by atoms with Gasteiger partial charge in [-0.15, -0.1) is 0 Å². The average molecular weight is 846 g/mol. The van der Waals surface area contributed by atoms with E-state index in [1.165, 1.54) is 48.1 Å². The zero-order valence-corrected chi connectivity index (χ0v) is 36.4. The van der Waals surface area contributed by atoms with Crippen molar-refractivity contribution in [1.29, 1.82) is 0 Å². The van der Waals surface area contributed by atoms with Gasteiger partial charge in [0.25, 0.3) is 0 Å². The largest absolute Gasteiger partial charge is 0.551 e. The Bertz CT molecular complexity index is 3470. The first-order chi connectivity index (χ1) is 32.2.